The topological polar surface area (TPSA) is 12.5 Å². The van der Waals surface area contributed by atoms with E-state index in [1.807, 2.05) is 13.8 Å². The van der Waals surface area contributed by atoms with Crippen molar-refractivity contribution in [1.29, 1.82) is 0 Å². The molecule has 0 aliphatic carbocycles. The predicted octanol–water partition coefficient (Wildman–Crippen LogP) is 2.78. The molecular formula is C12H27NO. The highest BCUT2D eigenvalue weighted by Gasteiger charge is 2.24. The Morgan fingerprint density at radius 1 is 1.14 bits per heavy atom. The van der Waals surface area contributed by atoms with E-state index in [0.717, 1.165) is 13.2 Å². The van der Waals surface area contributed by atoms with E-state index >= 15 is 0 Å². The molecule has 0 aromatic carbocycles. The van der Waals surface area contributed by atoms with Crippen LogP contribution in [0.25, 0.3) is 0 Å². The van der Waals surface area contributed by atoms with Crippen LogP contribution in [0.2, 0.25) is 0 Å². The molecule has 1 rings (SSSR count). The van der Waals surface area contributed by atoms with Gasteiger partial charge in [-0.1, -0.05) is 27.7 Å². The third kappa shape index (κ3) is 5.61. The van der Waals surface area contributed by atoms with Crippen LogP contribution >= 0.6 is 0 Å². The second-order valence-electron chi connectivity index (χ2n) is 4.50. The summed E-state index contributed by atoms with van der Waals surface area (Å²) in [6.45, 7) is 13.2. The average Bonchev–Trinajstić information content (AvgIpc) is 2.19. The van der Waals surface area contributed by atoms with E-state index < -0.39 is 0 Å². The van der Waals surface area contributed by atoms with Gasteiger partial charge in [0, 0.05) is 13.7 Å². The van der Waals surface area contributed by atoms with Crippen molar-refractivity contribution in [1.82, 2.24) is 4.90 Å². The second-order valence-corrected chi connectivity index (χ2v) is 4.50. The Balaban J connectivity index is 0.000000791. The number of hydrogen-bond acceptors (Lipinski definition) is 2. The number of hydrogen-bond donors (Lipinski definition) is 0. The molecule has 1 aliphatic rings. The summed E-state index contributed by atoms with van der Waals surface area (Å²) in [6, 6.07) is 0. The highest BCUT2D eigenvalue weighted by atomic mass is 16.5. The molecule has 0 atom stereocenters. The fraction of sp³-hybridized carbons (Fsp3) is 1.00. The van der Waals surface area contributed by atoms with Crippen molar-refractivity contribution >= 4 is 0 Å². The molecule has 1 heterocycles. The number of ether oxygens (including phenoxy) is 1. The Kier molecular flexibility index (Phi) is 7.20. The van der Waals surface area contributed by atoms with Gasteiger partial charge in [-0.25, -0.2) is 0 Å². The zero-order valence-electron chi connectivity index (χ0n) is 10.6. The number of nitrogens with zero attached hydrogens (tertiary/aromatic N) is 1. The van der Waals surface area contributed by atoms with Crippen LogP contribution < -0.4 is 0 Å². The first kappa shape index (κ1) is 13.9. The standard InChI is InChI=1S/C10H21NO.C2H6/c1-10(2)4-6-11(7-5-10)8-9-12-3;1-2/h4-9H2,1-3H3;1-2H3. The van der Waals surface area contributed by atoms with Gasteiger partial charge in [0.05, 0.1) is 6.61 Å². The van der Waals surface area contributed by atoms with Crippen LogP contribution in [0.3, 0.4) is 0 Å². The molecule has 0 unspecified atom stereocenters. The van der Waals surface area contributed by atoms with E-state index in [1.54, 1.807) is 7.11 Å². The van der Waals surface area contributed by atoms with Crippen molar-refractivity contribution < 1.29 is 4.74 Å². The van der Waals surface area contributed by atoms with Crippen LogP contribution in [0.4, 0.5) is 0 Å². The molecule has 14 heavy (non-hydrogen) atoms. The molecule has 2 heteroatoms. The number of piperidine rings is 1. The molecule has 0 aromatic heterocycles. The lowest BCUT2D eigenvalue weighted by Gasteiger charge is -2.36. The molecule has 2 nitrogen and oxygen atoms in total. The maximum atomic E-state index is 5.05. The quantitative estimate of drug-likeness (QED) is 0.696. The smallest absolute Gasteiger partial charge is 0.0589 e. The van der Waals surface area contributed by atoms with Crippen LogP contribution in [-0.4, -0.2) is 38.3 Å². The molecule has 0 N–H and O–H groups in total. The van der Waals surface area contributed by atoms with Crippen LogP contribution in [0, 0.1) is 5.41 Å². The molecule has 0 radical (unpaired) electrons. The summed E-state index contributed by atoms with van der Waals surface area (Å²) in [5.41, 5.74) is 0.573. The Morgan fingerprint density at radius 2 is 1.64 bits per heavy atom. The van der Waals surface area contributed by atoms with E-state index in [0.29, 0.717) is 5.41 Å². The molecule has 0 aromatic rings. The maximum Gasteiger partial charge on any atom is 0.0589 e. The fourth-order valence-electron chi connectivity index (χ4n) is 1.60. The van der Waals surface area contributed by atoms with Crippen molar-refractivity contribution in [2.45, 2.75) is 40.5 Å². The second kappa shape index (κ2) is 7.24. The van der Waals surface area contributed by atoms with Gasteiger partial charge in [-0.05, 0) is 31.3 Å². The van der Waals surface area contributed by atoms with Crippen molar-refractivity contribution in [3.8, 4) is 0 Å². The van der Waals surface area contributed by atoms with Crippen molar-refractivity contribution in [2.75, 3.05) is 33.4 Å². The van der Waals surface area contributed by atoms with Gasteiger partial charge in [0.1, 0.15) is 0 Å². The number of methoxy groups -OCH3 is 1. The third-order valence-electron chi connectivity index (χ3n) is 2.82. The summed E-state index contributed by atoms with van der Waals surface area (Å²) in [7, 11) is 1.77. The molecule has 0 spiro atoms. The molecule has 1 fully saturated rings. The van der Waals surface area contributed by atoms with Gasteiger partial charge in [0.15, 0.2) is 0 Å². The first-order chi connectivity index (χ1) is 6.64. The zero-order valence-corrected chi connectivity index (χ0v) is 10.6. The largest absolute Gasteiger partial charge is 0.383 e. The SMILES string of the molecule is CC.COCCN1CCC(C)(C)CC1. The Labute approximate surface area is 89.6 Å². The zero-order chi connectivity index (χ0) is 11.0. The normalized spacial score (nSPS) is 21.2. The Bertz CT molecular complexity index is 124. The van der Waals surface area contributed by atoms with Crippen LogP contribution in [-0.2, 0) is 4.74 Å². The monoisotopic (exact) mass is 201 g/mol. The van der Waals surface area contributed by atoms with Crippen molar-refractivity contribution in [3.63, 3.8) is 0 Å². The van der Waals surface area contributed by atoms with E-state index in [1.165, 1.54) is 25.9 Å². The third-order valence-corrected chi connectivity index (χ3v) is 2.82. The van der Waals surface area contributed by atoms with E-state index in [2.05, 4.69) is 18.7 Å². The molecule has 86 valence electrons. The lowest BCUT2D eigenvalue weighted by molar-refractivity contribution is 0.0954. The fourth-order valence-corrected chi connectivity index (χ4v) is 1.60. The maximum absolute atomic E-state index is 5.05. The van der Waals surface area contributed by atoms with Gasteiger partial charge in [-0.15, -0.1) is 0 Å². The lowest BCUT2D eigenvalue weighted by Crippen LogP contribution is -2.38. The minimum atomic E-state index is 0.573. The Morgan fingerprint density at radius 3 is 2.07 bits per heavy atom. The minimum absolute atomic E-state index is 0.573. The summed E-state index contributed by atoms with van der Waals surface area (Å²) in [6.07, 6.45) is 2.66. The van der Waals surface area contributed by atoms with Gasteiger partial charge in [0.25, 0.3) is 0 Å². The van der Waals surface area contributed by atoms with Gasteiger partial charge in [-0.2, -0.15) is 0 Å². The number of likely N-dealkylation sites (tertiary alicyclic amines) is 1. The summed E-state index contributed by atoms with van der Waals surface area (Å²) in [4.78, 5) is 2.49. The minimum Gasteiger partial charge on any atom is -0.383 e. The summed E-state index contributed by atoms with van der Waals surface area (Å²) < 4.78 is 5.05. The molecule has 0 saturated carbocycles. The summed E-state index contributed by atoms with van der Waals surface area (Å²) >= 11 is 0. The Hall–Kier alpha value is -0.0800. The van der Waals surface area contributed by atoms with Crippen molar-refractivity contribution in [3.05, 3.63) is 0 Å². The molecule has 1 saturated heterocycles. The van der Waals surface area contributed by atoms with Gasteiger partial charge >= 0.3 is 0 Å². The molecular weight excluding hydrogens is 174 g/mol. The van der Waals surface area contributed by atoms with Gasteiger partial charge in [-0.3, -0.25) is 0 Å². The van der Waals surface area contributed by atoms with Crippen LogP contribution in [0.5, 0.6) is 0 Å². The van der Waals surface area contributed by atoms with E-state index in [9.17, 15) is 0 Å². The summed E-state index contributed by atoms with van der Waals surface area (Å²) in [5.74, 6) is 0. The van der Waals surface area contributed by atoms with Gasteiger partial charge < -0.3 is 9.64 Å². The first-order valence-corrected chi connectivity index (χ1v) is 5.85. The van der Waals surface area contributed by atoms with E-state index in [-0.39, 0.29) is 0 Å². The molecule has 0 amide bonds. The molecule has 1 aliphatic heterocycles. The first-order valence-electron chi connectivity index (χ1n) is 5.85. The summed E-state index contributed by atoms with van der Waals surface area (Å²) in [5, 5.41) is 0. The predicted molar refractivity (Wildman–Crippen MR) is 62.7 cm³/mol. The molecule has 0 bridgehead atoms. The average molecular weight is 201 g/mol. The highest BCUT2D eigenvalue weighted by molar-refractivity contribution is 4.78. The highest BCUT2D eigenvalue weighted by Crippen LogP contribution is 2.29. The van der Waals surface area contributed by atoms with E-state index in [4.69, 9.17) is 4.74 Å². The number of rotatable bonds is 3. The van der Waals surface area contributed by atoms with Gasteiger partial charge in [0.2, 0.25) is 0 Å². The lowest BCUT2D eigenvalue weighted by atomic mass is 9.83. The van der Waals surface area contributed by atoms with Crippen LogP contribution in [0.1, 0.15) is 40.5 Å². The van der Waals surface area contributed by atoms with Crippen LogP contribution in [0.15, 0.2) is 0 Å². The van der Waals surface area contributed by atoms with Crippen molar-refractivity contribution in [2.24, 2.45) is 5.41 Å².